The quantitative estimate of drug-likeness (QED) is 0.414. The molecule has 0 saturated carbocycles. The van der Waals surface area contributed by atoms with E-state index in [1.165, 1.54) is 12.1 Å². The number of rotatable bonds is 7. The summed E-state index contributed by atoms with van der Waals surface area (Å²) in [5.41, 5.74) is 1.86. The third-order valence-electron chi connectivity index (χ3n) is 4.41. The van der Waals surface area contributed by atoms with Crippen LogP contribution in [0.2, 0.25) is 0 Å². The minimum absolute atomic E-state index is 0.0311. The number of amides is 2. The highest BCUT2D eigenvalue weighted by Crippen LogP contribution is 2.32. The van der Waals surface area contributed by atoms with E-state index in [0.717, 1.165) is 23.3 Å². The van der Waals surface area contributed by atoms with E-state index in [2.05, 4.69) is 5.32 Å². The largest absolute Gasteiger partial charge is 0.462 e. The number of hydrogen-bond acceptors (Lipinski definition) is 5. The van der Waals surface area contributed by atoms with Gasteiger partial charge in [-0.15, -0.1) is 0 Å². The lowest BCUT2D eigenvalue weighted by atomic mass is 10.1. The van der Waals surface area contributed by atoms with E-state index >= 15 is 0 Å². The Kier molecular flexibility index (Phi) is 6.34. The summed E-state index contributed by atoms with van der Waals surface area (Å²) in [7, 11) is 0. The summed E-state index contributed by atoms with van der Waals surface area (Å²) in [4.78, 5) is 39.1. The number of esters is 1. The highest BCUT2D eigenvalue weighted by atomic mass is 35.5. The van der Waals surface area contributed by atoms with E-state index in [0.29, 0.717) is 5.69 Å². The third-order valence-corrected chi connectivity index (χ3v) is 4.76. The summed E-state index contributed by atoms with van der Waals surface area (Å²) in [5.74, 6) is -1.91. The van der Waals surface area contributed by atoms with Gasteiger partial charge in [-0.05, 0) is 43.2 Å². The van der Waals surface area contributed by atoms with Crippen molar-refractivity contribution in [2.24, 2.45) is 0 Å². The van der Waals surface area contributed by atoms with E-state index < -0.39 is 17.8 Å². The van der Waals surface area contributed by atoms with E-state index in [4.69, 9.17) is 16.3 Å². The summed E-state index contributed by atoms with van der Waals surface area (Å²) in [5, 5.41) is 2.69. The molecule has 1 N–H and O–H groups in total. The van der Waals surface area contributed by atoms with Crippen LogP contribution in [0.5, 0.6) is 0 Å². The lowest BCUT2D eigenvalue weighted by Crippen LogP contribution is -2.33. The number of anilines is 2. The van der Waals surface area contributed by atoms with Crippen LogP contribution >= 0.6 is 11.6 Å². The molecule has 0 aliphatic carbocycles. The maximum atomic E-state index is 13.0. The topological polar surface area (TPSA) is 75.7 Å². The molecule has 3 rings (SSSR count). The van der Waals surface area contributed by atoms with Crippen LogP contribution in [0.15, 0.2) is 59.3 Å². The third kappa shape index (κ3) is 4.32. The van der Waals surface area contributed by atoms with E-state index in [9.17, 15) is 14.4 Å². The zero-order valence-electron chi connectivity index (χ0n) is 16.2. The number of carbonyl (C=O) groups is 3. The number of aryl methyl sites for hydroxylation is 1. The second kappa shape index (κ2) is 8.92. The molecule has 1 aliphatic heterocycles. The molecule has 29 heavy (non-hydrogen) atoms. The maximum absolute atomic E-state index is 13.0. The number of nitrogens with one attached hydrogen (secondary N) is 1. The van der Waals surface area contributed by atoms with Gasteiger partial charge < -0.3 is 10.1 Å². The Morgan fingerprint density at radius 3 is 2.59 bits per heavy atom. The average Bonchev–Trinajstić information content (AvgIpc) is 2.91. The number of benzene rings is 2. The normalized spacial score (nSPS) is 13.8. The van der Waals surface area contributed by atoms with Crippen LogP contribution in [0.4, 0.5) is 11.4 Å². The van der Waals surface area contributed by atoms with Crippen molar-refractivity contribution in [3.8, 4) is 0 Å². The molecule has 0 bridgehead atoms. The van der Waals surface area contributed by atoms with E-state index in [1.807, 2.05) is 32.0 Å². The SMILES string of the molecule is CCCCOC(=O)c1ccccc1N1C(=O)C(Cl)=C(Nc2cccc(C)c2)C1=O. The number of unbranched alkanes of at least 4 members (excludes halogenated alkanes) is 1. The first-order chi connectivity index (χ1) is 13.9. The molecule has 0 aromatic heterocycles. The average molecular weight is 413 g/mol. The fourth-order valence-electron chi connectivity index (χ4n) is 2.93. The van der Waals surface area contributed by atoms with Gasteiger partial charge in [0, 0.05) is 5.69 Å². The monoisotopic (exact) mass is 412 g/mol. The van der Waals surface area contributed by atoms with Gasteiger partial charge in [0.2, 0.25) is 0 Å². The minimum Gasteiger partial charge on any atom is -0.462 e. The summed E-state index contributed by atoms with van der Waals surface area (Å²) in [6, 6.07) is 13.7. The summed E-state index contributed by atoms with van der Waals surface area (Å²) >= 11 is 6.18. The van der Waals surface area contributed by atoms with Gasteiger partial charge >= 0.3 is 5.97 Å². The van der Waals surface area contributed by atoms with Crippen molar-refractivity contribution in [1.82, 2.24) is 0 Å². The molecule has 2 amide bonds. The van der Waals surface area contributed by atoms with Crippen molar-refractivity contribution >= 4 is 40.8 Å². The predicted octanol–water partition coefficient (Wildman–Crippen LogP) is 4.39. The summed E-state index contributed by atoms with van der Waals surface area (Å²) in [6.07, 6.45) is 1.61. The number of imide groups is 1. The standard InChI is InChI=1S/C22H21ClN2O4/c1-3-4-12-29-22(28)16-10-5-6-11-17(16)25-20(26)18(23)19(21(25)27)24-15-9-7-8-14(2)13-15/h5-11,13,24H,3-4,12H2,1-2H3. The molecule has 0 unspecified atom stereocenters. The molecule has 2 aromatic carbocycles. The van der Waals surface area contributed by atoms with Gasteiger partial charge in [0.15, 0.2) is 0 Å². The maximum Gasteiger partial charge on any atom is 0.340 e. The molecule has 150 valence electrons. The first-order valence-electron chi connectivity index (χ1n) is 9.32. The Morgan fingerprint density at radius 2 is 1.86 bits per heavy atom. The lowest BCUT2D eigenvalue weighted by molar-refractivity contribution is -0.120. The van der Waals surface area contributed by atoms with Gasteiger partial charge in [0.1, 0.15) is 10.7 Å². The van der Waals surface area contributed by atoms with Gasteiger partial charge in [-0.3, -0.25) is 9.59 Å². The predicted molar refractivity (Wildman–Crippen MR) is 112 cm³/mol. The van der Waals surface area contributed by atoms with Crippen LogP contribution in [-0.4, -0.2) is 24.4 Å². The lowest BCUT2D eigenvalue weighted by Gasteiger charge is -2.18. The molecule has 0 spiro atoms. The second-order valence-electron chi connectivity index (χ2n) is 6.64. The molecule has 2 aromatic rings. The van der Waals surface area contributed by atoms with Gasteiger partial charge in [-0.25, -0.2) is 9.69 Å². The molecule has 1 heterocycles. The molecule has 1 aliphatic rings. The van der Waals surface area contributed by atoms with Crippen molar-refractivity contribution < 1.29 is 19.1 Å². The smallest absolute Gasteiger partial charge is 0.340 e. The Morgan fingerprint density at radius 1 is 1.10 bits per heavy atom. The van der Waals surface area contributed by atoms with Gasteiger partial charge in [-0.2, -0.15) is 0 Å². The molecular formula is C22H21ClN2O4. The Balaban J connectivity index is 1.89. The number of nitrogens with zero attached hydrogens (tertiary/aromatic N) is 1. The van der Waals surface area contributed by atoms with E-state index in [1.54, 1.807) is 18.2 Å². The number of hydrogen-bond donors (Lipinski definition) is 1. The van der Waals surface area contributed by atoms with Crippen molar-refractivity contribution in [2.45, 2.75) is 26.7 Å². The number of ether oxygens (including phenoxy) is 1. The summed E-state index contributed by atoms with van der Waals surface area (Å²) < 4.78 is 5.25. The van der Waals surface area contributed by atoms with Crippen molar-refractivity contribution in [3.63, 3.8) is 0 Å². The van der Waals surface area contributed by atoms with Crippen LogP contribution in [0.25, 0.3) is 0 Å². The Bertz CT molecular complexity index is 1000. The highest BCUT2D eigenvalue weighted by Gasteiger charge is 2.40. The van der Waals surface area contributed by atoms with Crippen LogP contribution < -0.4 is 10.2 Å². The number of halogens is 1. The molecule has 0 saturated heterocycles. The van der Waals surface area contributed by atoms with Crippen LogP contribution in [0.3, 0.4) is 0 Å². The highest BCUT2D eigenvalue weighted by molar-refractivity contribution is 6.53. The molecule has 7 heteroatoms. The molecule has 6 nitrogen and oxygen atoms in total. The molecule has 0 fully saturated rings. The van der Waals surface area contributed by atoms with Gasteiger partial charge in [0.25, 0.3) is 11.8 Å². The zero-order chi connectivity index (χ0) is 21.0. The van der Waals surface area contributed by atoms with Gasteiger partial charge in [0.05, 0.1) is 17.9 Å². The Hall–Kier alpha value is -3.12. The van der Waals surface area contributed by atoms with Crippen LogP contribution in [0, 0.1) is 6.92 Å². The van der Waals surface area contributed by atoms with Crippen molar-refractivity contribution in [2.75, 3.05) is 16.8 Å². The minimum atomic E-state index is -0.694. The fourth-order valence-corrected chi connectivity index (χ4v) is 3.14. The second-order valence-corrected chi connectivity index (χ2v) is 7.01. The summed E-state index contributed by atoms with van der Waals surface area (Å²) in [6.45, 7) is 4.17. The first-order valence-corrected chi connectivity index (χ1v) is 9.70. The van der Waals surface area contributed by atoms with Crippen LogP contribution in [0.1, 0.15) is 35.7 Å². The van der Waals surface area contributed by atoms with Gasteiger partial charge in [-0.1, -0.05) is 49.2 Å². The van der Waals surface area contributed by atoms with Crippen LogP contribution in [-0.2, 0) is 14.3 Å². The number of para-hydroxylation sites is 1. The molecule has 0 radical (unpaired) electrons. The van der Waals surface area contributed by atoms with E-state index in [-0.39, 0.29) is 28.6 Å². The zero-order valence-corrected chi connectivity index (χ0v) is 17.0. The first kappa shape index (κ1) is 20.6. The van der Waals surface area contributed by atoms with Crippen molar-refractivity contribution in [1.29, 1.82) is 0 Å². The van der Waals surface area contributed by atoms with Crippen molar-refractivity contribution in [3.05, 3.63) is 70.4 Å². The molecular weight excluding hydrogens is 392 g/mol. The Labute approximate surface area is 174 Å². The fraction of sp³-hybridized carbons (Fsp3) is 0.227. The number of carbonyl (C=O) groups excluding carboxylic acids is 3. The molecule has 0 atom stereocenters.